The molecule has 0 aromatic carbocycles. The van der Waals surface area contributed by atoms with Gasteiger partial charge in [-0.25, -0.2) is 0 Å². The fraction of sp³-hybridized carbons (Fsp3) is 0.938. The van der Waals surface area contributed by atoms with E-state index in [1.165, 1.54) is 7.11 Å². The Morgan fingerprint density at radius 3 is 2.17 bits per heavy atom. The summed E-state index contributed by atoms with van der Waals surface area (Å²) in [5.41, 5.74) is -0.695. The SMILES string of the molecule is COC1OC(CO)[C@@H](O)C(O)[C@H]1NC(=O)C(C)(C)CC(C)(C)C. The van der Waals surface area contributed by atoms with Crippen molar-refractivity contribution in [2.75, 3.05) is 13.7 Å². The lowest BCUT2D eigenvalue weighted by molar-refractivity contribution is -0.263. The van der Waals surface area contributed by atoms with Crippen molar-refractivity contribution in [1.82, 2.24) is 5.32 Å². The predicted octanol–water partition coefficient (Wildman–Crippen LogP) is 0.0190. The van der Waals surface area contributed by atoms with E-state index in [2.05, 4.69) is 5.32 Å². The van der Waals surface area contributed by atoms with E-state index < -0.39 is 42.7 Å². The summed E-state index contributed by atoms with van der Waals surface area (Å²) in [5.74, 6) is -0.253. The smallest absolute Gasteiger partial charge is 0.226 e. The summed E-state index contributed by atoms with van der Waals surface area (Å²) in [4.78, 5) is 12.6. The van der Waals surface area contributed by atoms with Crippen molar-refractivity contribution in [2.24, 2.45) is 10.8 Å². The van der Waals surface area contributed by atoms with Gasteiger partial charge in [0.2, 0.25) is 5.91 Å². The quantitative estimate of drug-likeness (QED) is 0.565. The van der Waals surface area contributed by atoms with Crippen molar-refractivity contribution in [2.45, 2.75) is 71.7 Å². The van der Waals surface area contributed by atoms with Crippen molar-refractivity contribution in [3.05, 3.63) is 0 Å². The van der Waals surface area contributed by atoms with Crippen LogP contribution in [0.4, 0.5) is 0 Å². The van der Waals surface area contributed by atoms with E-state index in [0.717, 1.165) is 0 Å². The Kier molecular flexibility index (Phi) is 6.57. The van der Waals surface area contributed by atoms with Gasteiger partial charge in [-0.3, -0.25) is 4.79 Å². The molecule has 7 nitrogen and oxygen atoms in total. The van der Waals surface area contributed by atoms with Crippen LogP contribution >= 0.6 is 0 Å². The van der Waals surface area contributed by atoms with Gasteiger partial charge in [0.25, 0.3) is 0 Å². The van der Waals surface area contributed by atoms with Crippen molar-refractivity contribution in [3.8, 4) is 0 Å². The molecule has 0 saturated carbocycles. The zero-order chi connectivity index (χ0) is 18.0. The number of carbonyl (C=O) groups excluding carboxylic acids is 1. The standard InChI is InChI=1S/C16H31NO6/c1-15(2,3)8-16(4,5)14(21)17-10-12(20)11(19)9(7-18)23-13(10)22-6/h9-13,18-20H,7-8H2,1-6H3,(H,17,21)/t9?,10-,11-,12?,13?/m1/s1. The molecule has 0 aromatic rings. The summed E-state index contributed by atoms with van der Waals surface area (Å²) in [6.07, 6.45) is -3.84. The number of ether oxygens (including phenoxy) is 2. The van der Waals surface area contributed by atoms with Gasteiger partial charge in [0.05, 0.1) is 6.61 Å². The number of methoxy groups -OCH3 is 1. The van der Waals surface area contributed by atoms with Gasteiger partial charge in [-0.1, -0.05) is 34.6 Å². The predicted molar refractivity (Wildman–Crippen MR) is 84.6 cm³/mol. The third kappa shape index (κ3) is 5.12. The van der Waals surface area contributed by atoms with Gasteiger partial charge in [-0.05, 0) is 11.8 Å². The Hall–Kier alpha value is -0.730. The molecule has 1 fully saturated rings. The third-order valence-electron chi connectivity index (χ3n) is 4.00. The molecule has 0 radical (unpaired) electrons. The van der Waals surface area contributed by atoms with Gasteiger partial charge < -0.3 is 30.1 Å². The van der Waals surface area contributed by atoms with Gasteiger partial charge in [-0.15, -0.1) is 0 Å². The highest BCUT2D eigenvalue weighted by molar-refractivity contribution is 5.82. The van der Waals surface area contributed by atoms with Crippen LogP contribution in [0.5, 0.6) is 0 Å². The van der Waals surface area contributed by atoms with Crippen molar-refractivity contribution in [3.63, 3.8) is 0 Å². The number of hydrogen-bond donors (Lipinski definition) is 4. The summed E-state index contributed by atoms with van der Waals surface area (Å²) in [5, 5.41) is 32.1. The van der Waals surface area contributed by atoms with Crippen LogP contribution in [0.2, 0.25) is 0 Å². The number of rotatable bonds is 5. The Bertz CT molecular complexity index is 404. The number of hydrogen-bond acceptors (Lipinski definition) is 6. The molecule has 3 unspecified atom stereocenters. The maximum atomic E-state index is 12.6. The van der Waals surface area contributed by atoms with E-state index >= 15 is 0 Å². The van der Waals surface area contributed by atoms with Gasteiger partial charge in [0.15, 0.2) is 6.29 Å². The molecule has 0 aromatic heterocycles. The average molecular weight is 333 g/mol. The van der Waals surface area contributed by atoms with Crippen LogP contribution in [-0.4, -0.2) is 65.6 Å². The minimum atomic E-state index is -1.30. The molecule has 136 valence electrons. The monoisotopic (exact) mass is 333 g/mol. The lowest BCUT2D eigenvalue weighted by Crippen LogP contribution is -2.65. The third-order valence-corrected chi connectivity index (χ3v) is 4.00. The zero-order valence-corrected chi connectivity index (χ0v) is 14.9. The molecule has 7 heteroatoms. The zero-order valence-electron chi connectivity index (χ0n) is 14.9. The average Bonchev–Trinajstić information content (AvgIpc) is 2.41. The Morgan fingerprint density at radius 1 is 1.17 bits per heavy atom. The van der Waals surface area contributed by atoms with Gasteiger partial charge in [0.1, 0.15) is 24.4 Å². The maximum absolute atomic E-state index is 12.6. The molecular formula is C16H31NO6. The van der Waals surface area contributed by atoms with Gasteiger partial charge >= 0.3 is 0 Å². The van der Waals surface area contributed by atoms with Crippen LogP contribution in [0.25, 0.3) is 0 Å². The van der Waals surface area contributed by atoms with Crippen molar-refractivity contribution >= 4 is 5.91 Å². The first-order valence-electron chi connectivity index (χ1n) is 7.89. The molecule has 5 atom stereocenters. The second-order valence-electron chi connectivity index (χ2n) is 8.06. The van der Waals surface area contributed by atoms with E-state index in [-0.39, 0.29) is 11.3 Å². The molecule has 1 rings (SSSR count). The molecule has 23 heavy (non-hydrogen) atoms. The summed E-state index contributed by atoms with van der Waals surface area (Å²) >= 11 is 0. The fourth-order valence-electron chi connectivity index (χ4n) is 3.19. The first-order chi connectivity index (χ1) is 10.4. The maximum Gasteiger partial charge on any atom is 0.226 e. The first kappa shape index (κ1) is 20.3. The second kappa shape index (κ2) is 7.44. The topological polar surface area (TPSA) is 108 Å². The van der Waals surface area contributed by atoms with Crippen LogP contribution in [-0.2, 0) is 14.3 Å². The molecule has 1 saturated heterocycles. The van der Waals surface area contributed by atoms with Crippen LogP contribution in [0.3, 0.4) is 0 Å². The van der Waals surface area contributed by atoms with Crippen molar-refractivity contribution < 1.29 is 29.6 Å². The van der Waals surface area contributed by atoms with E-state index in [4.69, 9.17) is 9.47 Å². The highest BCUT2D eigenvalue weighted by Gasteiger charge is 2.46. The normalized spacial score (nSPS) is 32.7. The van der Waals surface area contributed by atoms with Gasteiger partial charge in [0, 0.05) is 12.5 Å². The highest BCUT2D eigenvalue weighted by atomic mass is 16.7. The van der Waals surface area contributed by atoms with Crippen LogP contribution < -0.4 is 5.32 Å². The largest absolute Gasteiger partial charge is 0.394 e. The molecule has 4 N–H and O–H groups in total. The van der Waals surface area contributed by atoms with E-state index in [0.29, 0.717) is 6.42 Å². The molecule has 0 bridgehead atoms. The molecule has 1 heterocycles. The Labute approximate surface area is 138 Å². The summed E-state index contributed by atoms with van der Waals surface area (Å²) < 4.78 is 10.5. The first-order valence-corrected chi connectivity index (χ1v) is 7.89. The Balaban J connectivity index is 2.86. The van der Waals surface area contributed by atoms with E-state index in [9.17, 15) is 20.1 Å². The number of amides is 1. The number of aliphatic hydroxyl groups is 3. The van der Waals surface area contributed by atoms with Crippen LogP contribution in [0, 0.1) is 10.8 Å². The minimum Gasteiger partial charge on any atom is -0.394 e. The molecule has 0 spiro atoms. The fourth-order valence-corrected chi connectivity index (χ4v) is 3.19. The van der Waals surface area contributed by atoms with E-state index in [1.54, 1.807) is 0 Å². The van der Waals surface area contributed by atoms with Crippen molar-refractivity contribution in [1.29, 1.82) is 0 Å². The van der Waals surface area contributed by atoms with Crippen LogP contribution in [0.1, 0.15) is 41.0 Å². The summed E-state index contributed by atoms with van der Waals surface area (Å²) in [6.45, 7) is 9.36. The number of nitrogens with one attached hydrogen (secondary N) is 1. The highest BCUT2D eigenvalue weighted by Crippen LogP contribution is 2.34. The Morgan fingerprint density at radius 2 is 1.74 bits per heavy atom. The molecule has 0 aliphatic carbocycles. The van der Waals surface area contributed by atoms with Gasteiger partial charge in [-0.2, -0.15) is 0 Å². The second-order valence-corrected chi connectivity index (χ2v) is 8.06. The lowest BCUT2D eigenvalue weighted by atomic mass is 9.75. The van der Waals surface area contributed by atoms with E-state index in [1.807, 2.05) is 34.6 Å². The lowest BCUT2D eigenvalue weighted by Gasteiger charge is -2.43. The molecule has 1 aliphatic rings. The molecular weight excluding hydrogens is 302 g/mol. The molecule has 1 aliphatic heterocycles. The molecule has 1 amide bonds. The number of carbonyl (C=O) groups is 1. The summed E-state index contributed by atoms with van der Waals surface area (Å²) in [6, 6.07) is -0.912. The minimum absolute atomic E-state index is 0.0370. The summed E-state index contributed by atoms with van der Waals surface area (Å²) in [7, 11) is 1.38. The van der Waals surface area contributed by atoms with Crippen LogP contribution in [0.15, 0.2) is 0 Å². The number of aliphatic hydroxyl groups excluding tert-OH is 3.